The van der Waals surface area contributed by atoms with E-state index in [1.807, 2.05) is 0 Å². The molecule has 1 aliphatic carbocycles. The molecule has 1 aromatic carbocycles. The molecule has 176 valence electrons. The Morgan fingerprint density at radius 1 is 1.27 bits per heavy atom. The van der Waals surface area contributed by atoms with Gasteiger partial charge in [-0.2, -0.15) is 4.98 Å². The van der Waals surface area contributed by atoms with Crippen molar-refractivity contribution >= 4 is 46.3 Å². The summed E-state index contributed by atoms with van der Waals surface area (Å²) < 4.78 is 30.7. The van der Waals surface area contributed by atoms with Crippen LogP contribution in [0.5, 0.6) is 0 Å². The molecule has 0 aliphatic heterocycles. The van der Waals surface area contributed by atoms with Crippen LogP contribution in [0.2, 0.25) is 5.02 Å². The number of amides is 1. The van der Waals surface area contributed by atoms with Gasteiger partial charge >= 0.3 is 0 Å². The SMILES string of the molecule is C[C@@H](CO)Nc1ncc2nc(Nc3c(F)cc(Cl)cc3F)n([C@H]3CC[C@@H](C(N)=O)CC3)c2n1. The summed E-state index contributed by atoms with van der Waals surface area (Å²) in [6.45, 7) is 1.66. The van der Waals surface area contributed by atoms with Crippen molar-refractivity contribution in [3.05, 3.63) is 35.0 Å². The van der Waals surface area contributed by atoms with Crippen LogP contribution in [0.4, 0.5) is 26.4 Å². The molecular formula is C21H24ClF2N7O2. The molecule has 3 aromatic rings. The number of fused-ring (bicyclic) bond motifs is 1. The summed E-state index contributed by atoms with van der Waals surface area (Å²) in [5.41, 5.74) is 5.96. The van der Waals surface area contributed by atoms with E-state index in [4.69, 9.17) is 17.3 Å². The maximum Gasteiger partial charge on any atom is 0.225 e. The highest BCUT2D eigenvalue weighted by Gasteiger charge is 2.29. The van der Waals surface area contributed by atoms with Gasteiger partial charge in [0.05, 0.1) is 12.8 Å². The Morgan fingerprint density at radius 2 is 1.94 bits per heavy atom. The number of hydrogen-bond acceptors (Lipinski definition) is 7. The largest absolute Gasteiger partial charge is 0.394 e. The molecule has 5 N–H and O–H groups in total. The minimum Gasteiger partial charge on any atom is -0.394 e. The zero-order chi connectivity index (χ0) is 23.7. The first-order valence-electron chi connectivity index (χ1n) is 10.6. The Morgan fingerprint density at radius 3 is 2.55 bits per heavy atom. The maximum absolute atomic E-state index is 14.5. The lowest BCUT2D eigenvalue weighted by Gasteiger charge is -2.29. The summed E-state index contributed by atoms with van der Waals surface area (Å²) in [6, 6.07) is 1.61. The fraction of sp³-hybridized carbons (Fsp3) is 0.429. The standard InChI is InChI=1S/C21H24ClF2N7O2/c1-10(9-32)27-20-26-8-16-19(30-20)31(13-4-2-11(3-5-13)18(25)33)21(28-16)29-17-14(23)6-12(22)7-15(17)24/h6-8,10-11,13,32H,2-5,9H2,1H3,(H2,25,33)(H,28,29)(H,26,27,30)/t10-,11-,13+/m0/s1. The number of aromatic nitrogens is 4. The number of primary amides is 1. The van der Waals surface area contributed by atoms with Crippen molar-refractivity contribution in [3.8, 4) is 0 Å². The number of halogens is 3. The molecule has 12 heteroatoms. The van der Waals surface area contributed by atoms with Gasteiger partial charge in [-0.1, -0.05) is 11.6 Å². The van der Waals surface area contributed by atoms with Gasteiger partial charge in [-0.3, -0.25) is 9.36 Å². The number of aliphatic hydroxyl groups is 1. The molecule has 2 aromatic heterocycles. The van der Waals surface area contributed by atoms with Crippen molar-refractivity contribution < 1.29 is 18.7 Å². The molecule has 33 heavy (non-hydrogen) atoms. The van der Waals surface area contributed by atoms with E-state index in [1.54, 1.807) is 11.5 Å². The summed E-state index contributed by atoms with van der Waals surface area (Å²) in [7, 11) is 0. The first-order chi connectivity index (χ1) is 15.8. The van der Waals surface area contributed by atoms with Crippen LogP contribution in [0.1, 0.15) is 38.6 Å². The van der Waals surface area contributed by atoms with Crippen molar-refractivity contribution in [2.75, 3.05) is 17.2 Å². The average Bonchev–Trinajstić information content (AvgIpc) is 3.13. The minimum absolute atomic E-state index is 0.0617. The number of nitrogens with zero attached hydrogens (tertiary/aromatic N) is 4. The number of aliphatic hydroxyl groups excluding tert-OH is 1. The van der Waals surface area contributed by atoms with E-state index in [-0.39, 0.29) is 53.1 Å². The highest BCUT2D eigenvalue weighted by Crippen LogP contribution is 2.37. The lowest BCUT2D eigenvalue weighted by atomic mass is 9.85. The highest BCUT2D eigenvalue weighted by molar-refractivity contribution is 6.30. The van der Waals surface area contributed by atoms with Gasteiger partial charge in [0.1, 0.15) is 11.2 Å². The van der Waals surface area contributed by atoms with E-state index in [0.29, 0.717) is 36.8 Å². The highest BCUT2D eigenvalue weighted by atomic mass is 35.5. The molecule has 1 fully saturated rings. The second-order valence-corrected chi connectivity index (χ2v) is 8.65. The number of anilines is 3. The number of benzene rings is 1. The molecular weight excluding hydrogens is 456 g/mol. The Bertz CT molecular complexity index is 1160. The lowest BCUT2D eigenvalue weighted by molar-refractivity contribution is -0.122. The third-order valence-corrected chi connectivity index (χ3v) is 6.01. The van der Waals surface area contributed by atoms with Gasteiger partial charge in [0.25, 0.3) is 0 Å². The van der Waals surface area contributed by atoms with Crippen LogP contribution in [0.3, 0.4) is 0 Å². The number of carbonyl (C=O) groups is 1. The van der Waals surface area contributed by atoms with Crippen LogP contribution in [0.25, 0.3) is 11.2 Å². The Labute approximate surface area is 193 Å². The number of imidazole rings is 1. The summed E-state index contributed by atoms with van der Waals surface area (Å²) >= 11 is 5.74. The summed E-state index contributed by atoms with van der Waals surface area (Å²) in [6.07, 6.45) is 3.89. The van der Waals surface area contributed by atoms with E-state index in [2.05, 4.69) is 25.6 Å². The van der Waals surface area contributed by atoms with Gasteiger partial charge in [-0.15, -0.1) is 0 Å². The molecule has 4 rings (SSSR count). The van der Waals surface area contributed by atoms with Crippen LogP contribution in [0, 0.1) is 17.6 Å². The normalized spacial score (nSPS) is 19.4. The minimum atomic E-state index is -0.860. The molecule has 1 saturated carbocycles. The van der Waals surface area contributed by atoms with Crippen LogP contribution in [0.15, 0.2) is 18.3 Å². The number of nitrogens with two attached hydrogens (primary N) is 1. The van der Waals surface area contributed by atoms with Crippen LogP contribution in [-0.4, -0.2) is 43.2 Å². The topological polar surface area (TPSA) is 131 Å². The van der Waals surface area contributed by atoms with E-state index >= 15 is 0 Å². The summed E-state index contributed by atoms with van der Waals surface area (Å²) in [5.74, 6) is -1.79. The molecule has 9 nitrogen and oxygen atoms in total. The molecule has 0 radical (unpaired) electrons. The van der Waals surface area contributed by atoms with Gasteiger partial charge < -0.3 is 21.5 Å². The lowest BCUT2D eigenvalue weighted by Crippen LogP contribution is -2.29. The quantitative estimate of drug-likeness (QED) is 0.407. The molecule has 1 aliphatic rings. The molecule has 1 amide bonds. The second kappa shape index (κ2) is 9.44. The molecule has 0 saturated heterocycles. The monoisotopic (exact) mass is 479 g/mol. The number of rotatable bonds is 7. The zero-order valence-electron chi connectivity index (χ0n) is 17.9. The van der Waals surface area contributed by atoms with Gasteiger partial charge in [-0.05, 0) is 44.7 Å². The van der Waals surface area contributed by atoms with Gasteiger partial charge in [0.15, 0.2) is 17.3 Å². The smallest absolute Gasteiger partial charge is 0.225 e. The van der Waals surface area contributed by atoms with Crippen LogP contribution >= 0.6 is 11.6 Å². The molecule has 0 spiro atoms. The fourth-order valence-electron chi connectivity index (χ4n) is 4.05. The van der Waals surface area contributed by atoms with Crippen LogP contribution < -0.4 is 16.4 Å². The van der Waals surface area contributed by atoms with Gasteiger partial charge in [-0.25, -0.2) is 18.7 Å². The first kappa shape index (κ1) is 23.1. The van der Waals surface area contributed by atoms with Gasteiger partial charge in [0.2, 0.25) is 17.8 Å². The first-order valence-corrected chi connectivity index (χ1v) is 11.0. The van der Waals surface area contributed by atoms with E-state index in [0.717, 1.165) is 12.1 Å². The van der Waals surface area contributed by atoms with Crippen molar-refractivity contribution in [1.82, 2.24) is 19.5 Å². The fourth-order valence-corrected chi connectivity index (χ4v) is 4.24. The van der Waals surface area contributed by atoms with Crippen molar-refractivity contribution in [2.45, 2.75) is 44.7 Å². The Balaban J connectivity index is 1.77. The summed E-state index contributed by atoms with van der Waals surface area (Å²) in [5, 5.41) is 15.0. The molecule has 0 bridgehead atoms. The van der Waals surface area contributed by atoms with Crippen molar-refractivity contribution in [1.29, 1.82) is 0 Å². The second-order valence-electron chi connectivity index (χ2n) is 8.21. The van der Waals surface area contributed by atoms with Gasteiger partial charge in [0, 0.05) is 23.0 Å². The molecule has 2 heterocycles. The number of hydrogen-bond donors (Lipinski definition) is 4. The van der Waals surface area contributed by atoms with Crippen molar-refractivity contribution in [3.63, 3.8) is 0 Å². The van der Waals surface area contributed by atoms with Crippen molar-refractivity contribution in [2.24, 2.45) is 11.7 Å². The number of carbonyl (C=O) groups excluding carboxylic acids is 1. The van der Waals surface area contributed by atoms with Crippen LogP contribution in [-0.2, 0) is 4.79 Å². The van der Waals surface area contributed by atoms with E-state index in [9.17, 15) is 18.7 Å². The van der Waals surface area contributed by atoms with E-state index < -0.39 is 11.6 Å². The predicted molar refractivity (Wildman–Crippen MR) is 120 cm³/mol. The maximum atomic E-state index is 14.5. The Hall–Kier alpha value is -3.05. The third kappa shape index (κ3) is 4.83. The average molecular weight is 480 g/mol. The number of nitrogens with one attached hydrogen (secondary N) is 2. The zero-order valence-corrected chi connectivity index (χ0v) is 18.6. The third-order valence-electron chi connectivity index (χ3n) is 5.79. The molecule has 1 atom stereocenters. The summed E-state index contributed by atoms with van der Waals surface area (Å²) in [4.78, 5) is 24.8. The van der Waals surface area contributed by atoms with E-state index in [1.165, 1.54) is 6.20 Å². The Kier molecular flexibility index (Phi) is 6.61. The predicted octanol–water partition coefficient (Wildman–Crippen LogP) is 3.51. The molecule has 0 unspecified atom stereocenters.